The normalized spacial score (nSPS) is 24.9. The van der Waals surface area contributed by atoms with E-state index in [1.807, 2.05) is 249 Å². The summed E-state index contributed by atoms with van der Waals surface area (Å²) in [4.78, 5) is 28.5. The summed E-state index contributed by atoms with van der Waals surface area (Å²) in [5, 5.41) is 0. The van der Waals surface area contributed by atoms with Gasteiger partial charge in [0.2, 0.25) is 0 Å². The smallest absolute Gasteiger partial charge is 0.338 e. The third kappa shape index (κ3) is 21.0. The lowest BCUT2D eigenvalue weighted by Crippen LogP contribution is -2.65. The lowest BCUT2D eigenvalue weighted by atomic mass is 9.96. The van der Waals surface area contributed by atoms with Crippen LogP contribution in [0.2, 0.25) is 0 Å². The Morgan fingerprint density at radius 1 is 0.275 bits per heavy atom. The van der Waals surface area contributed by atoms with Crippen molar-refractivity contribution in [2.75, 3.05) is 26.9 Å². The van der Waals surface area contributed by atoms with Crippen LogP contribution in [0.25, 0.3) is 0 Å². The molecule has 18 heteroatoms. The van der Waals surface area contributed by atoms with Crippen molar-refractivity contribution in [3.8, 4) is 0 Å². The van der Waals surface area contributed by atoms with Gasteiger partial charge in [0.25, 0.3) is 0 Å². The van der Waals surface area contributed by atoms with E-state index in [1.165, 1.54) is 6.92 Å². The van der Waals surface area contributed by atoms with E-state index in [1.54, 1.807) is 31.4 Å². The molecular weight excluding hydrogens is 1300 g/mol. The molecule has 15 atom stereocenters. The first-order chi connectivity index (χ1) is 50.3. The van der Waals surface area contributed by atoms with Gasteiger partial charge >= 0.3 is 11.9 Å². The second-order valence-corrected chi connectivity index (χ2v) is 25.2. The van der Waals surface area contributed by atoms with Crippen LogP contribution < -0.4 is 0 Å². The molecule has 0 spiro atoms. The molecule has 18 nitrogen and oxygen atoms in total. The Hall–Kier alpha value is -8.64. The van der Waals surface area contributed by atoms with Crippen LogP contribution in [0.4, 0.5) is 0 Å². The summed E-state index contributed by atoms with van der Waals surface area (Å²) in [6, 6.07) is 86.7. The maximum absolute atomic E-state index is 14.7. The van der Waals surface area contributed by atoms with Crippen LogP contribution in [0, 0.1) is 0 Å². The molecule has 0 amide bonds. The first kappa shape index (κ1) is 73.1. The van der Waals surface area contributed by atoms with E-state index in [0.29, 0.717) is 0 Å². The van der Waals surface area contributed by atoms with Gasteiger partial charge in [-0.15, -0.1) is 0 Å². The van der Waals surface area contributed by atoms with Gasteiger partial charge in [0.05, 0.1) is 78.2 Å². The number of benzene rings is 9. The summed E-state index contributed by atoms with van der Waals surface area (Å²) >= 11 is 0. The quantitative estimate of drug-likeness (QED) is 0.0342. The van der Waals surface area contributed by atoms with Crippen molar-refractivity contribution in [1.82, 2.24) is 0 Å². The maximum atomic E-state index is 14.7. The summed E-state index contributed by atoms with van der Waals surface area (Å²) in [7, 11) is 1.55. The highest BCUT2D eigenvalue weighted by molar-refractivity contribution is 5.89. The molecule has 3 heterocycles. The number of esters is 2. The molecule has 532 valence electrons. The molecule has 0 radical (unpaired) electrons. The molecule has 9 aromatic rings. The van der Waals surface area contributed by atoms with Crippen molar-refractivity contribution in [3.63, 3.8) is 0 Å². The number of hydrogen-bond acceptors (Lipinski definition) is 18. The summed E-state index contributed by atoms with van der Waals surface area (Å²) in [5.41, 5.74) is 7.38. The fourth-order valence-corrected chi connectivity index (χ4v) is 12.7. The Balaban J connectivity index is 0.915. The van der Waals surface area contributed by atoms with Crippen LogP contribution in [0.15, 0.2) is 273 Å². The third-order valence-electron chi connectivity index (χ3n) is 17.8. The molecule has 0 unspecified atom stereocenters. The standard InChI is InChI=1S/C84H88O18/c1-59(85)98-79-76(93-53-65-40-22-8-23-41-65)74(91-51-63-36-18-6-19-37-63)71(101-83(79)96-57-70-73(90-50-62-34-16-5-17-35-62)75(92-52-64-38-20-7-21-39-64)78(82(87-2)99-70)95-55-67-44-26-10-27-45-67)58-97-84-80(102-81(86)68-46-28-11-29-47-68)77(94-54-66-42-24-9-25-43-66)72(89-49-61-32-14-4-15-33-61)69(100-84)56-88-48-60-30-12-3-13-31-60/h3-47,69-80,82-84H,48-58H2,1-2H3/t69-,70-,71-,72-,73-,74-,75+,76+,77+,78-,79-,80-,82+,83-,84-/m1/s1. The van der Waals surface area contributed by atoms with Gasteiger partial charge < -0.3 is 75.8 Å². The van der Waals surface area contributed by atoms with Crippen molar-refractivity contribution < 1.29 is 85.4 Å². The zero-order chi connectivity index (χ0) is 69.9. The molecule has 3 saturated heterocycles. The third-order valence-corrected chi connectivity index (χ3v) is 17.8. The van der Waals surface area contributed by atoms with Gasteiger partial charge in [0.1, 0.15) is 61.0 Å². The Kier molecular flexibility index (Phi) is 27.7. The maximum Gasteiger partial charge on any atom is 0.338 e. The largest absolute Gasteiger partial charge is 0.454 e. The molecule has 0 aromatic heterocycles. The van der Waals surface area contributed by atoms with Crippen LogP contribution >= 0.6 is 0 Å². The molecule has 3 fully saturated rings. The van der Waals surface area contributed by atoms with Crippen molar-refractivity contribution >= 4 is 11.9 Å². The molecule has 12 rings (SSSR count). The summed E-state index contributed by atoms with van der Waals surface area (Å²) in [6.45, 7) is 1.90. The summed E-state index contributed by atoms with van der Waals surface area (Å²) in [6.07, 6.45) is -16.1. The number of rotatable bonds is 35. The average Bonchev–Trinajstić information content (AvgIpc) is 0.784. The number of carbonyl (C=O) groups excluding carboxylic acids is 2. The first-order valence-corrected chi connectivity index (χ1v) is 34.6. The van der Waals surface area contributed by atoms with E-state index >= 15 is 0 Å². The fraction of sp³-hybridized carbons (Fsp3) is 0.333. The topological polar surface area (TPSA) is 182 Å². The van der Waals surface area contributed by atoms with Crippen molar-refractivity contribution in [1.29, 1.82) is 0 Å². The summed E-state index contributed by atoms with van der Waals surface area (Å²) < 4.78 is 110. The molecule has 3 aliphatic rings. The zero-order valence-corrected chi connectivity index (χ0v) is 57.3. The summed E-state index contributed by atoms with van der Waals surface area (Å²) in [5.74, 6) is -1.30. The van der Waals surface area contributed by atoms with Crippen LogP contribution in [0.5, 0.6) is 0 Å². The zero-order valence-electron chi connectivity index (χ0n) is 57.3. The highest BCUT2D eigenvalue weighted by Crippen LogP contribution is 2.37. The highest BCUT2D eigenvalue weighted by atomic mass is 16.8. The second-order valence-electron chi connectivity index (χ2n) is 25.2. The fourth-order valence-electron chi connectivity index (χ4n) is 12.7. The Labute approximate surface area is 596 Å². The Bertz CT molecular complexity index is 3840. The van der Waals surface area contributed by atoms with Gasteiger partial charge in [0, 0.05) is 14.0 Å². The lowest BCUT2D eigenvalue weighted by Gasteiger charge is -2.48. The highest BCUT2D eigenvalue weighted by Gasteiger charge is 2.55. The van der Waals surface area contributed by atoms with Crippen LogP contribution in [0.1, 0.15) is 61.8 Å². The average molecular weight is 1390 g/mol. The second kappa shape index (κ2) is 38.6. The van der Waals surface area contributed by atoms with Crippen LogP contribution in [-0.4, -0.2) is 131 Å². The number of ether oxygens (including phenoxy) is 16. The number of methoxy groups -OCH3 is 1. The molecule has 0 bridgehead atoms. The molecule has 0 aliphatic carbocycles. The SMILES string of the molecule is CO[C@H]1O[C@H](CO[C@@H]2O[C@H](CO[C@@H]3O[C@H](COCc4ccccc4)[C@@H](OCc4ccccc4)[C@H](OCc4ccccc4)[C@H]3OC(=O)c3ccccc3)[C@@H](OCc3ccccc3)[C@H](OCc3ccccc3)[C@H]2OC(C)=O)[C@@H](OCc2ccccc2)[C@H](OCc2ccccc2)[C@H]1OCc1ccccc1. The molecule has 0 N–H and O–H groups in total. The molecular formula is C84H88O18. The van der Waals surface area contributed by atoms with Gasteiger partial charge in [-0.1, -0.05) is 261 Å². The van der Waals surface area contributed by atoms with Crippen LogP contribution in [0.3, 0.4) is 0 Å². The Morgan fingerprint density at radius 3 is 0.843 bits per heavy atom. The minimum atomic E-state index is -1.43. The molecule has 9 aromatic carbocycles. The van der Waals surface area contributed by atoms with Crippen molar-refractivity contribution in [2.24, 2.45) is 0 Å². The van der Waals surface area contributed by atoms with E-state index in [9.17, 15) is 9.59 Å². The van der Waals surface area contributed by atoms with E-state index in [2.05, 4.69) is 0 Å². The van der Waals surface area contributed by atoms with Gasteiger partial charge in [-0.3, -0.25) is 4.79 Å². The minimum Gasteiger partial charge on any atom is -0.454 e. The molecule has 0 saturated carbocycles. The predicted octanol–water partition coefficient (Wildman–Crippen LogP) is 13.3. The van der Waals surface area contributed by atoms with E-state index in [4.69, 9.17) is 75.8 Å². The predicted molar refractivity (Wildman–Crippen MR) is 377 cm³/mol. The molecule has 3 aliphatic heterocycles. The van der Waals surface area contributed by atoms with Crippen molar-refractivity contribution in [3.05, 3.63) is 323 Å². The van der Waals surface area contributed by atoms with Gasteiger partial charge in [-0.2, -0.15) is 0 Å². The van der Waals surface area contributed by atoms with Crippen LogP contribution in [-0.2, 0) is 133 Å². The van der Waals surface area contributed by atoms with E-state index < -0.39 is 104 Å². The monoisotopic (exact) mass is 1380 g/mol. The molecule has 102 heavy (non-hydrogen) atoms. The van der Waals surface area contributed by atoms with E-state index in [0.717, 1.165) is 44.5 Å². The van der Waals surface area contributed by atoms with Gasteiger partial charge in [-0.25, -0.2) is 4.79 Å². The van der Waals surface area contributed by atoms with Gasteiger partial charge in [0.15, 0.2) is 31.1 Å². The first-order valence-electron chi connectivity index (χ1n) is 34.6. The number of carbonyl (C=O) groups is 2. The van der Waals surface area contributed by atoms with E-state index in [-0.39, 0.29) is 78.2 Å². The van der Waals surface area contributed by atoms with Crippen molar-refractivity contribution in [2.45, 2.75) is 152 Å². The minimum absolute atomic E-state index is 0.00183. The lowest BCUT2D eigenvalue weighted by molar-refractivity contribution is -0.356. The number of hydrogen-bond donors (Lipinski definition) is 0. The Morgan fingerprint density at radius 2 is 0.529 bits per heavy atom. The van der Waals surface area contributed by atoms with Gasteiger partial charge in [-0.05, 0) is 56.6 Å².